The minimum absolute atomic E-state index is 0.111. The van der Waals surface area contributed by atoms with E-state index in [1.807, 2.05) is 0 Å². The summed E-state index contributed by atoms with van der Waals surface area (Å²) in [4.78, 5) is 41.4. The molecule has 1 aromatic heterocycles. The van der Waals surface area contributed by atoms with Gasteiger partial charge in [-0.05, 0) is 20.8 Å². The van der Waals surface area contributed by atoms with Crippen molar-refractivity contribution >= 4 is 17.9 Å². The molecule has 102 valence electrons. The van der Waals surface area contributed by atoms with Gasteiger partial charge in [-0.2, -0.15) is 0 Å². The van der Waals surface area contributed by atoms with Gasteiger partial charge in [0.25, 0.3) is 0 Å². The highest BCUT2D eigenvalue weighted by Gasteiger charge is 2.22. The predicted octanol–water partition coefficient (Wildman–Crippen LogP) is 0.892. The minimum Gasteiger partial charge on any atom is -0.460 e. The Morgan fingerprint density at radius 2 is 1.84 bits per heavy atom. The Morgan fingerprint density at radius 1 is 1.16 bits per heavy atom. The molecule has 0 aliphatic heterocycles. The van der Waals surface area contributed by atoms with Gasteiger partial charge in [0.1, 0.15) is 12.0 Å². The fourth-order valence-corrected chi connectivity index (χ4v) is 1.09. The fraction of sp³-hybridized carbons (Fsp3) is 0.417. The Balaban J connectivity index is 2.48. The van der Waals surface area contributed by atoms with Crippen LogP contribution in [0.4, 0.5) is 0 Å². The Bertz CT molecular complexity index is 479. The SMILES string of the molecule is CC(C)(C)OC(=O)CC(=O)OC(=O)c1cnccn1. The molecule has 0 bridgehead atoms. The monoisotopic (exact) mass is 266 g/mol. The first-order valence-corrected chi connectivity index (χ1v) is 5.51. The van der Waals surface area contributed by atoms with Crippen molar-refractivity contribution < 1.29 is 23.9 Å². The number of nitrogens with zero attached hydrogens (tertiary/aromatic N) is 2. The first-order valence-electron chi connectivity index (χ1n) is 5.51. The molecule has 7 heteroatoms. The Hall–Kier alpha value is -2.31. The predicted molar refractivity (Wildman–Crippen MR) is 62.9 cm³/mol. The van der Waals surface area contributed by atoms with Crippen LogP contribution in [-0.4, -0.2) is 33.5 Å². The second-order valence-corrected chi connectivity index (χ2v) is 4.62. The van der Waals surface area contributed by atoms with Gasteiger partial charge in [0.2, 0.25) is 0 Å². The zero-order valence-electron chi connectivity index (χ0n) is 10.9. The van der Waals surface area contributed by atoms with Crippen LogP contribution in [0.1, 0.15) is 37.7 Å². The molecular formula is C12H14N2O5. The van der Waals surface area contributed by atoms with Crippen LogP contribution in [0.3, 0.4) is 0 Å². The Kier molecular flexibility index (Phi) is 4.68. The third-order valence-electron chi connectivity index (χ3n) is 1.69. The van der Waals surface area contributed by atoms with E-state index in [0.717, 1.165) is 6.20 Å². The van der Waals surface area contributed by atoms with Crippen LogP contribution in [0.15, 0.2) is 18.6 Å². The third kappa shape index (κ3) is 5.71. The maximum atomic E-state index is 11.4. The van der Waals surface area contributed by atoms with Crippen LogP contribution >= 0.6 is 0 Å². The molecule has 1 rings (SSSR count). The normalized spacial score (nSPS) is 10.7. The Labute approximate surface area is 110 Å². The number of aromatic nitrogens is 2. The molecule has 0 spiro atoms. The molecule has 0 fully saturated rings. The zero-order chi connectivity index (χ0) is 14.5. The number of esters is 3. The molecule has 0 saturated heterocycles. The van der Waals surface area contributed by atoms with E-state index >= 15 is 0 Å². The quantitative estimate of drug-likeness (QED) is 0.592. The van der Waals surface area contributed by atoms with Gasteiger partial charge < -0.3 is 9.47 Å². The molecule has 0 aromatic carbocycles. The summed E-state index contributed by atoms with van der Waals surface area (Å²) in [5.74, 6) is -2.71. The summed E-state index contributed by atoms with van der Waals surface area (Å²) < 4.78 is 9.36. The van der Waals surface area contributed by atoms with Gasteiger partial charge in [-0.25, -0.2) is 9.78 Å². The first-order chi connectivity index (χ1) is 8.78. The van der Waals surface area contributed by atoms with Crippen LogP contribution < -0.4 is 0 Å². The van der Waals surface area contributed by atoms with Crippen molar-refractivity contribution in [2.24, 2.45) is 0 Å². The van der Waals surface area contributed by atoms with E-state index < -0.39 is 29.9 Å². The largest absolute Gasteiger partial charge is 0.460 e. The summed E-state index contributed by atoms with van der Waals surface area (Å²) in [5.41, 5.74) is -0.813. The lowest BCUT2D eigenvalue weighted by Gasteiger charge is -2.18. The molecule has 0 radical (unpaired) electrons. The van der Waals surface area contributed by atoms with E-state index in [2.05, 4.69) is 14.7 Å². The molecular weight excluding hydrogens is 252 g/mol. The van der Waals surface area contributed by atoms with Crippen LogP contribution in [0.5, 0.6) is 0 Å². The average molecular weight is 266 g/mol. The molecule has 0 amide bonds. The van der Waals surface area contributed by atoms with E-state index in [4.69, 9.17) is 4.74 Å². The number of rotatable bonds is 3. The summed E-state index contributed by atoms with van der Waals surface area (Å²) in [6.45, 7) is 5.00. The number of hydrogen-bond acceptors (Lipinski definition) is 7. The lowest BCUT2D eigenvalue weighted by atomic mass is 10.2. The fourth-order valence-electron chi connectivity index (χ4n) is 1.09. The second kappa shape index (κ2) is 6.03. The maximum Gasteiger partial charge on any atom is 0.366 e. The summed E-state index contributed by atoms with van der Waals surface area (Å²) >= 11 is 0. The van der Waals surface area contributed by atoms with E-state index in [1.165, 1.54) is 12.4 Å². The lowest BCUT2D eigenvalue weighted by molar-refractivity contribution is -0.159. The van der Waals surface area contributed by atoms with Crippen LogP contribution in [0, 0.1) is 0 Å². The molecule has 0 unspecified atom stereocenters. The van der Waals surface area contributed by atoms with Crippen molar-refractivity contribution in [3.63, 3.8) is 0 Å². The van der Waals surface area contributed by atoms with Crippen molar-refractivity contribution in [1.82, 2.24) is 9.97 Å². The molecule has 7 nitrogen and oxygen atoms in total. The number of carbonyl (C=O) groups excluding carboxylic acids is 3. The highest BCUT2D eigenvalue weighted by Crippen LogP contribution is 2.08. The average Bonchev–Trinajstić information content (AvgIpc) is 2.27. The molecule has 0 aliphatic rings. The standard InChI is InChI=1S/C12H14N2O5/c1-12(2,3)19-10(16)6-9(15)18-11(17)8-7-13-4-5-14-8/h4-5,7H,6H2,1-3H3. The first kappa shape index (κ1) is 14.7. The van der Waals surface area contributed by atoms with E-state index in [1.54, 1.807) is 20.8 Å². The van der Waals surface area contributed by atoms with Gasteiger partial charge in [-0.1, -0.05) is 0 Å². The van der Waals surface area contributed by atoms with Gasteiger partial charge in [0.15, 0.2) is 5.69 Å². The van der Waals surface area contributed by atoms with E-state index in [9.17, 15) is 14.4 Å². The number of carbonyl (C=O) groups is 3. The minimum atomic E-state index is -0.995. The molecule has 0 atom stereocenters. The van der Waals surface area contributed by atoms with Crippen LogP contribution in [0.25, 0.3) is 0 Å². The molecule has 0 saturated carbocycles. The van der Waals surface area contributed by atoms with Crippen molar-refractivity contribution in [2.45, 2.75) is 32.8 Å². The highest BCUT2D eigenvalue weighted by molar-refractivity contribution is 6.00. The van der Waals surface area contributed by atoms with Crippen LogP contribution in [0.2, 0.25) is 0 Å². The summed E-state index contributed by atoms with van der Waals surface area (Å²) in [7, 11) is 0. The van der Waals surface area contributed by atoms with Crippen LogP contribution in [-0.2, 0) is 19.1 Å². The number of ether oxygens (including phenoxy) is 2. The second-order valence-electron chi connectivity index (χ2n) is 4.62. The molecule has 0 aliphatic carbocycles. The zero-order valence-corrected chi connectivity index (χ0v) is 10.9. The summed E-state index contributed by atoms with van der Waals surface area (Å²) in [6.07, 6.45) is 3.18. The van der Waals surface area contributed by atoms with E-state index in [-0.39, 0.29) is 5.69 Å². The third-order valence-corrected chi connectivity index (χ3v) is 1.69. The highest BCUT2D eigenvalue weighted by atomic mass is 16.6. The molecule has 19 heavy (non-hydrogen) atoms. The van der Waals surface area contributed by atoms with Gasteiger partial charge in [-0.3, -0.25) is 14.6 Å². The molecule has 1 heterocycles. The van der Waals surface area contributed by atoms with Gasteiger partial charge in [0, 0.05) is 12.4 Å². The summed E-state index contributed by atoms with van der Waals surface area (Å²) in [5, 5.41) is 0. The topological polar surface area (TPSA) is 95.5 Å². The summed E-state index contributed by atoms with van der Waals surface area (Å²) in [6, 6.07) is 0. The molecule has 0 N–H and O–H groups in total. The van der Waals surface area contributed by atoms with Gasteiger partial charge in [0.05, 0.1) is 6.20 Å². The van der Waals surface area contributed by atoms with Crippen molar-refractivity contribution in [3.8, 4) is 0 Å². The Morgan fingerprint density at radius 3 is 2.37 bits per heavy atom. The van der Waals surface area contributed by atoms with E-state index in [0.29, 0.717) is 0 Å². The number of hydrogen-bond donors (Lipinski definition) is 0. The van der Waals surface area contributed by atoms with Crippen molar-refractivity contribution in [3.05, 3.63) is 24.3 Å². The van der Waals surface area contributed by atoms with Crippen molar-refractivity contribution in [1.29, 1.82) is 0 Å². The molecule has 1 aromatic rings. The van der Waals surface area contributed by atoms with Gasteiger partial charge in [-0.15, -0.1) is 0 Å². The smallest absolute Gasteiger partial charge is 0.366 e. The maximum absolute atomic E-state index is 11.4. The lowest BCUT2D eigenvalue weighted by Crippen LogP contribution is -2.26. The van der Waals surface area contributed by atoms with Crippen molar-refractivity contribution in [2.75, 3.05) is 0 Å². The van der Waals surface area contributed by atoms with Gasteiger partial charge >= 0.3 is 17.9 Å².